The maximum absolute atomic E-state index is 2.38. The molecule has 0 amide bonds. The Morgan fingerprint density at radius 3 is 2.25 bits per heavy atom. The zero-order chi connectivity index (χ0) is 11.2. The second-order valence-electron chi connectivity index (χ2n) is 4.44. The van der Waals surface area contributed by atoms with Gasteiger partial charge in [-0.15, -0.1) is 0 Å². The molecule has 0 aromatic heterocycles. The van der Waals surface area contributed by atoms with Gasteiger partial charge in [0.2, 0.25) is 0 Å². The molecule has 0 radical (unpaired) electrons. The van der Waals surface area contributed by atoms with Crippen molar-refractivity contribution in [3.63, 3.8) is 0 Å². The summed E-state index contributed by atoms with van der Waals surface area (Å²) in [5.74, 6) is 1.21. The molecule has 0 N–H and O–H groups in total. The van der Waals surface area contributed by atoms with Crippen molar-refractivity contribution in [1.82, 2.24) is 0 Å². The van der Waals surface area contributed by atoms with Crippen molar-refractivity contribution in [1.29, 1.82) is 0 Å². The van der Waals surface area contributed by atoms with E-state index in [4.69, 9.17) is 0 Å². The van der Waals surface area contributed by atoms with Gasteiger partial charge in [-0.1, -0.05) is 61.6 Å². The van der Waals surface area contributed by atoms with Crippen LogP contribution >= 0.6 is 0 Å². The molecule has 1 atom stereocenters. The molecular weight excluding hydrogens is 192 g/mol. The lowest BCUT2D eigenvalue weighted by Gasteiger charge is -2.21. The third-order valence-electron chi connectivity index (χ3n) is 3.35. The van der Waals surface area contributed by atoms with E-state index >= 15 is 0 Å². The van der Waals surface area contributed by atoms with Crippen molar-refractivity contribution in [2.75, 3.05) is 0 Å². The third kappa shape index (κ3) is 2.63. The smallest absolute Gasteiger partial charge is 0.00152 e. The minimum Gasteiger partial charge on any atom is -0.0876 e. The summed E-state index contributed by atoms with van der Waals surface area (Å²) in [5, 5.41) is 0. The van der Waals surface area contributed by atoms with Crippen LogP contribution in [0.4, 0.5) is 0 Å². The Kier molecular flexibility index (Phi) is 3.98. The van der Waals surface area contributed by atoms with Crippen LogP contribution in [-0.2, 0) is 0 Å². The minimum atomic E-state index is 0.579. The van der Waals surface area contributed by atoms with Crippen LogP contribution in [0.2, 0.25) is 0 Å². The normalized spacial score (nSPS) is 18.3. The molecule has 0 nitrogen and oxygen atoms in total. The fourth-order valence-electron chi connectivity index (χ4n) is 2.46. The predicted octanol–water partition coefficient (Wildman–Crippen LogP) is 4.70. The van der Waals surface area contributed by atoms with Crippen LogP contribution in [0.15, 0.2) is 54.6 Å². The van der Waals surface area contributed by atoms with Gasteiger partial charge in [-0.25, -0.2) is 0 Å². The highest BCUT2D eigenvalue weighted by atomic mass is 14.2. The fourth-order valence-corrected chi connectivity index (χ4v) is 2.46. The number of benzene rings is 1. The first-order valence-electron chi connectivity index (χ1n) is 6.30. The molecule has 0 aliphatic heterocycles. The Morgan fingerprint density at radius 2 is 1.69 bits per heavy atom. The summed E-state index contributed by atoms with van der Waals surface area (Å²) in [6, 6.07) is 10.9. The summed E-state index contributed by atoms with van der Waals surface area (Å²) < 4.78 is 0. The molecule has 0 saturated heterocycles. The van der Waals surface area contributed by atoms with Gasteiger partial charge in [0.25, 0.3) is 0 Å². The van der Waals surface area contributed by atoms with Crippen LogP contribution in [0.5, 0.6) is 0 Å². The van der Waals surface area contributed by atoms with Crippen molar-refractivity contribution in [3.05, 3.63) is 60.2 Å². The van der Waals surface area contributed by atoms with Gasteiger partial charge in [0, 0.05) is 5.92 Å². The molecule has 16 heavy (non-hydrogen) atoms. The molecule has 0 bridgehead atoms. The maximum Gasteiger partial charge on any atom is 0.00152 e. The molecule has 1 aromatic carbocycles. The molecule has 1 aliphatic carbocycles. The lowest BCUT2D eigenvalue weighted by Crippen LogP contribution is -2.07. The summed E-state index contributed by atoms with van der Waals surface area (Å²) in [6.45, 7) is 2.28. The van der Waals surface area contributed by atoms with E-state index in [0.29, 0.717) is 11.8 Å². The van der Waals surface area contributed by atoms with Gasteiger partial charge < -0.3 is 0 Å². The Bertz CT molecular complexity index is 345. The second kappa shape index (κ2) is 5.69. The largest absolute Gasteiger partial charge is 0.0876 e. The first-order chi connectivity index (χ1) is 7.92. The molecule has 0 saturated carbocycles. The van der Waals surface area contributed by atoms with Crippen molar-refractivity contribution in [3.8, 4) is 0 Å². The third-order valence-corrected chi connectivity index (χ3v) is 3.35. The molecule has 1 unspecified atom stereocenters. The maximum atomic E-state index is 2.38. The lowest BCUT2D eigenvalue weighted by molar-refractivity contribution is 0.574. The van der Waals surface area contributed by atoms with Gasteiger partial charge in [-0.05, 0) is 30.7 Å². The van der Waals surface area contributed by atoms with Crippen LogP contribution in [0.3, 0.4) is 0 Å². The summed E-state index contributed by atoms with van der Waals surface area (Å²) >= 11 is 0. The molecule has 0 heteroatoms. The number of rotatable bonds is 3. The van der Waals surface area contributed by atoms with Crippen LogP contribution in [-0.4, -0.2) is 0 Å². The van der Waals surface area contributed by atoms with Crippen molar-refractivity contribution in [2.24, 2.45) is 5.92 Å². The van der Waals surface area contributed by atoms with Gasteiger partial charge >= 0.3 is 0 Å². The zero-order valence-corrected chi connectivity index (χ0v) is 9.97. The van der Waals surface area contributed by atoms with Gasteiger partial charge in [-0.3, -0.25) is 0 Å². The summed E-state index contributed by atoms with van der Waals surface area (Å²) in [7, 11) is 0. The predicted molar refractivity (Wildman–Crippen MR) is 70.5 cm³/mol. The minimum absolute atomic E-state index is 0.579. The monoisotopic (exact) mass is 212 g/mol. The number of allylic oxidation sites excluding steroid dienone is 4. The first kappa shape index (κ1) is 11.2. The van der Waals surface area contributed by atoms with Gasteiger partial charge in [0.15, 0.2) is 0 Å². The van der Waals surface area contributed by atoms with Crippen LogP contribution in [0.1, 0.15) is 37.7 Å². The second-order valence-corrected chi connectivity index (χ2v) is 4.44. The van der Waals surface area contributed by atoms with E-state index in [1.807, 2.05) is 0 Å². The Labute approximate surface area is 98.7 Å². The molecule has 0 fully saturated rings. The number of hydrogen-bond donors (Lipinski definition) is 0. The van der Waals surface area contributed by atoms with E-state index in [1.54, 1.807) is 0 Å². The summed E-state index contributed by atoms with van der Waals surface area (Å²) in [4.78, 5) is 0. The quantitative estimate of drug-likeness (QED) is 0.637. The average molecular weight is 212 g/mol. The Hall–Kier alpha value is -1.30. The first-order valence-corrected chi connectivity index (χ1v) is 6.30. The van der Waals surface area contributed by atoms with E-state index in [-0.39, 0.29) is 0 Å². The highest BCUT2D eigenvalue weighted by Crippen LogP contribution is 2.31. The van der Waals surface area contributed by atoms with E-state index in [9.17, 15) is 0 Å². The van der Waals surface area contributed by atoms with Crippen molar-refractivity contribution in [2.45, 2.75) is 32.1 Å². The van der Waals surface area contributed by atoms with E-state index in [0.717, 1.165) is 0 Å². The number of hydrogen-bond acceptors (Lipinski definition) is 0. The van der Waals surface area contributed by atoms with E-state index in [2.05, 4.69) is 61.6 Å². The Balaban J connectivity index is 2.22. The highest BCUT2D eigenvalue weighted by Gasteiger charge is 2.17. The van der Waals surface area contributed by atoms with E-state index in [1.165, 1.54) is 24.8 Å². The lowest BCUT2D eigenvalue weighted by atomic mass is 9.84. The highest BCUT2D eigenvalue weighted by molar-refractivity contribution is 5.24. The summed E-state index contributed by atoms with van der Waals surface area (Å²) in [5.41, 5.74) is 1.46. The van der Waals surface area contributed by atoms with Crippen LogP contribution in [0.25, 0.3) is 0 Å². The fraction of sp³-hybridized carbons (Fsp3) is 0.375. The zero-order valence-electron chi connectivity index (χ0n) is 9.97. The van der Waals surface area contributed by atoms with Crippen molar-refractivity contribution < 1.29 is 0 Å². The van der Waals surface area contributed by atoms with Crippen LogP contribution in [0, 0.1) is 5.92 Å². The molecule has 1 aliphatic rings. The summed E-state index contributed by atoms with van der Waals surface area (Å²) in [6.07, 6.45) is 13.0. The average Bonchev–Trinajstić information content (AvgIpc) is 2.61. The van der Waals surface area contributed by atoms with E-state index < -0.39 is 0 Å². The standard InChI is InChI=1S/C16H20/c1-2-16(15-12-8-5-9-13-15)14-10-6-3-4-7-11-14/h5-14,16H,2-4H2,1H3. The molecular formula is C16H20. The SMILES string of the molecule is CCC(c1ccccc1)C1C=CCCC=C1. The Morgan fingerprint density at radius 1 is 1.06 bits per heavy atom. The van der Waals surface area contributed by atoms with Crippen molar-refractivity contribution >= 4 is 0 Å². The van der Waals surface area contributed by atoms with Gasteiger partial charge in [0.1, 0.15) is 0 Å². The molecule has 84 valence electrons. The van der Waals surface area contributed by atoms with Crippen LogP contribution < -0.4 is 0 Å². The van der Waals surface area contributed by atoms with Gasteiger partial charge in [0.05, 0.1) is 0 Å². The topological polar surface area (TPSA) is 0 Å². The molecule has 0 heterocycles. The molecule has 1 aromatic rings. The molecule has 2 rings (SSSR count). The van der Waals surface area contributed by atoms with Gasteiger partial charge in [-0.2, -0.15) is 0 Å². The molecule has 0 spiro atoms.